The summed E-state index contributed by atoms with van der Waals surface area (Å²) >= 11 is 0. The summed E-state index contributed by atoms with van der Waals surface area (Å²) in [5.74, 6) is -0.670. The fourth-order valence-electron chi connectivity index (χ4n) is 1.96. The van der Waals surface area contributed by atoms with Crippen molar-refractivity contribution in [3.63, 3.8) is 0 Å². The summed E-state index contributed by atoms with van der Waals surface area (Å²) in [6.45, 7) is 1.42. The van der Waals surface area contributed by atoms with Gasteiger partial charge in [-0.15, -0.1) is 0 Å². The Morgan fingerprint density at radius 3 is 2.63 bits per heavy atom. The largest absolute Gasteiger partial charge is 0.398 e. The summed E-state index contributed by atoms with van der Waals surface area (Å²) in [5, 5.41) is 0. The maximum Gasteiger partial charge on any atom is 0.263 e. The molecule has 0 unspecified atom stereocenters. The van der Waals surface area contributed by atoms with E-state index in [1.165, 1.54) is 0 Å². The molecule has 0 radical (unpaired) electrons. The average molecular weight is 264 g/mol. The van der Waals surface area contributed by atoms with Gasteiger partial charge < -0.3 is 15.2 Å². The van der Waals surface area contributed by atoms with Crippen LogP contribution in [0.1, 0.15) is 20.7 Å². The number of nitrogen functional groups attached to an aromatic ring is 1. The first-order chi connectivity index (χ1) is 9.16. The number of anilines is 1. The van der Waals surface area contributed by atoms with Gasteiger partial charge in [-0.2, -0.15) is 0 Å². The third-order valence-corrected chi connectivity index (χ3v) is 2.92. The Hall–Kier alpha value is -1.92. The number of rotatable bonds is 6. The highest BCUT2D eigenvalue weighted by Crippen LogP contribution is 2.27. The van der Waals surface area contributed by atoms with Crippen LogP contribution in [0.4, 0.5) is 5.69 Å². The zero-order valence-electron chi connectivity index (χ0n) is 10.7. The molecule has 0 fully saturated rings. The molecule has 0 saturated heterocycles. The minimum Gasteiger partial charge on any atom is -0.398 e. The predicted molar refractivity (Wildman–Crippen MR) is 68.9 cm³/mol. The number of carbonyl (C=O) groups is 2. The maximum absolute atomic E-state index is 12.1. The first-order valence-corrected chi connectivity index (χ1v) is 5.98. The standard InChI is InChI=1S/C13H16N2O4/c1-18-7-8-19-6-5-15-12(16)9-3-2-4-10(14)11(9)13(15)17/h2-4H,5-8,14H2,1H3. The minimum absolute atomic E-state index is 0.218. The van der Waals surface area contributed by atoms with Crippen molar-refractivity contribution in [1.82, 2.24) is 4.90 Å². The van der Waals surface area contributed by atoms with Gasteiger partial charge in [0.1, 0.15) is 0 Å². The molecule has 1 aliphatic heterocycles. The van der Waals surface area contributed by atoms with E-state index in [4.69, 9.17) is 15.2 Å². The van der Waals surface area contributed by atoms with E-state index in [1.54, 1.807) is 25.3 Å². The van der Waals surface area contributed by atoms with Gasteiger partial charge in [0.15, 0.2) is 0 Å². The smallest absolute Gasteiger partial charge is 0.263 e. The van der Waals surface area contributed by atoms with Crippen molar-refractivity contribution in [3.8, 4) is 0 Å². The van der Waals surface area contributed by atoms with Crippen LogP contribution in [-0.2, 0) is 9.47 Å². The molecular weight excluding hydrogens is 248 g/mol. The molecule has 102 valence electrons. The van der Waals surface area contributed by atoms with Gasteiger partial charge in [-0.1, -0.05) is 6.07 Å². The predicted octanol–water partition coefficient (Wildman–Crippen LogP) is 0.528. The molecule has 0 aliphatic carbocycles. The van der Waals surface area contributed by atoms with Gasteiger partial charge in [-0.05, 0) is 12.1 Å². The van der Waals surface area contributed by atoms with Crippen molar-refractivity contribution in [3.05, 3.63) is 29.3 Å². The van der Waals surface area contributed by atoms with Crippen molar-refractivity contribution in [2.24, 2.45) is 0 Å². The van der Waals surface area contributed by atoms with Crippen LogP contribution < -0.4 is 5.73 Å². The van der Waals surface area contributed by atoms with Crippen LogP contribution in [0.2, 0.25) is 0 Å². The molecule has 19 heavy (non-hydrogen) atoms. The Bertz CT molecular complexity index is 501. The highest BCUT2D eigenvalue weighted by Gasteiger charge is 2.36. The summed E-state index contributed by atoms with van der Waals surface area (Å²) in [6, 6.07) is 4.89. The van der Waals surface area contributed by atoms with Crippen molar-refractivity contribution >= 4 is 17.5 Å². The summed E-state index contributed by atoms with van der Waals surface area (Å²) in [6.07, 6.45) is 0. The minimum atomic E-state index is -0.353. The molecular formula is C13H16N2O4. The molecule has 0 atom stereocenters. The SMILES string of the molecule is COCCOCCN1C(=O)c2cccc(N)c2C1=O. The summed E-state index contributed by atoms with van der Waals surface area (Å²) in [5.41, 5.74) is 6.72. The van der Waals surface area contributed by atoms with Gasteiger partial charge in [0.2, 0.25) is 0 Å². The van der Waals surface area contributed by atoms with E-state index in [0.717, 1.165) is 4.90 Å². The van der Waals surface area contributed by atoms with Crippen LogP contribution in [0.15, 0.2) is 18.2 Å². The van der Waals surface area contributed by atoms with Crippen LogP contribution in [0.5, 0.6) is 0 Å². The molecule has 6 heteroatoms. The van der Waals surface area contributed by atoms with Crippen molar-refractivity contribution in [2.45, 2.75) is 0 Å². The third kappa shape index (κ3) is 2.59. The third-order valence-electron chi connectivity index (χ3n) is 2.92. The summed E-state index contributed by atoms with van der Waals surface area (Å²) in [4.78, 5) is 25.3. The number of hydrogen-bond acceptors (Lipinski definition) is 5. The van der Waals surface area contributed by atoms with E-state index in [-0.39, 0.29) is 25.0 Å². The number of nitrogens with zero attached hydrogens (tertiary/aromatic N) is 1. The number of carbonyl (C=O) groups excluding carboxylic acids is 2. The summed E-state index contributed by atoms with van der Waals surface area (Å²) < 4.78 is 10.1. The van der Waals surface area contributed by atoms with Gasteiger partial charge in [0, 0.05) is 12.8 Å². The number of amides is 2. The Labute approximate surface area is 111 Å². The van der Waals surface area contributed by atoms with Gasteiger partial charge in [-0.25, -0.2) is 0 Å². The Balaban J connectivity index is 2.00. The fraction of sp³-hybridized carbons (Fsp3) is 0.385. The van der Waals surface area contributed by atoms with E-state index < -0.39 is 0 Å². The molecule has 0 saturated carbocycles. The Morgan fingerprint density at radius 2 is 1.95 bits per heavy atom. The van der Waals surface area contributed by atoms with E-state index in [0.29, 0.717) is 30.0 Å². The molecule has 2 rings (SSSR count). The first-order valence-electron chi connectivity index (χ1n) is 5.98. The lowest BCUT2D eigenvalue weighted by Gasteiger charge is -2.13. The number of ether oxygens (including phenoxy) is 2. The van der Waals surface area contributed by atoms with Gasteiger partial charge in [0.05, 0.1) is 37.5 Å². The number of imide groups is 1. The number of nitrogens with two attached hydrogens (primary N) is 1. The molecule has 1 aromatic carbocycles. The average Bonchev–Trinajstić information content (AvgIpc) is 2.64. The van der Waals surface area contributed by atoms with Crippen LogP contribution >= 0.6 is 0 Å². The number of methoxy groups -OCH3 is 1. The second-order valence-corrected chi connectivity index (χ2v) is 4.14. The fourth-order valence-corrected chi connectivity index (χ4v) is 1.96. The first kappa shape index (κ1) is 13.5. The second-order valence-electron chi connectivity index (χ2n) is 4.14. The maximum atomic E-state index is 12.1. The zero-order valence-corrected chi connectivity index (χ0v) is 10.7. The van der Waals surface area contributed by atoms with Gasteiger partial charge in [0.25, 0.3) is 11.8 Å². The van der Waals surface area contributed by atoms with Crippen molar-refractivity contribution < 1.29 is 19.1 Å². The van der Waals surface area contributed by atoms with Crippen LogP contribution in [0.3, 0.4) is 0 Å². The van der Waals surface area contributed by atoms with Crippen molar-refractivity contribution in [2.75, 3.05) is 39.2 Å². The number of hydrogen-bond donors (Lipinski definition) is 1. The van der Waals surface area contributed by atoms with E-state index in [2.05, 4.69) is 0 Å². The second kappa shape index (κ2) is 5.81. The molecule has 2 amide bonds. The molecule has 1 aromatic rings. The summed E-state index contributed by atoms with van der Waals surface area (Å²) in [7, 11) is 1.58. The highest BCUT2D eigenvalue weighted by atomic mass is 16.5. The lowest BCUT2D eigenvalue weighted by atomic mass is 10.1. The van der Waals surface area contributed by atoms with Crippen LogP contribution in [0.25, 0.3) is 0 Å². The lowest BCUT2D eigenvalue weighted by molar-refractivity contribution is 0.0460. The van der Waals surface area contributed by atoms with E-state index >= 15 is 0 Å². The topological polar surface area (TPSA) is 81.9 Å². The normalized spacial score (nSPS) is 14.1. The lowest BCUT2D eigenvalue weighted by Crippen LogP contribution is -2.33. The number of fused-ring (bicyclic) bond motifs is 1. The molecule has 2 N–H and O–H groups in total. The van der Waals surface area contributed by atoms with Gasteiger partial charge >= 0.3 is 0 Å². The molecule has 0 spiro atoms. The molecule has 0 bridgehead atoms. The molecule has 6 nitrogen and oxygen atoms in total. The Kier molecular flexibility index (Phi) is 4.13. The Morgan fingerprint density at radius 1 is 1.16 bits per heavy atom. The quantitative estimate of drug-likeness (QED) is 0.460. The zero-order chi connectivity index (χ0) is 13.8. The van der Waals surface area contributed by atoms with Gasteiger partial charge in [-0.3, -0.25) is 14.5 Å². The monoisotopic (exact) mass is 264 g/mol. The van der Waals surface area contributed by atoms with Crippen molar-refractivity contribution in [1.29, 1.82) is 0 Å². The van der Waals surface area contributed by atoms with E-state index in [9.17, 15) is 9.59 Å². The molecule has 0 aromatic heterocycles. The molecule has 1 aliphatic rings. The highest BCUT2D eigenvalue weighted by molar-refractivity contribution is 6.23. The number of benzene rings is 1. The molecule has 1 heterocycles. The van der Waals surface area contributed by atoms with Crippen LogP contribution in [-0.4, -0.2) is 50.2 Å². The van der Waals surface area contributed by atoms with E-state index in [1.807, 2.05) is 0 Å². The van der Waals surface area contributed by atoms with Crippen LogP contribution in [0, 0.1) is 0 Å².